The molecule has 5 nitrogen and oxygen atoms in total. The third-order valence-electron chi connectivity index (χ3n) is 3.25. The SMILES string of the molecule is CC(NC(=O)NCCC(=O)O)c1ccc2ccccc2c1. The fourth-order valence-corrected chi connectivity index (χ4v) is 2.09. The van der Waals surface area contributed by atoms with E-state index >= 15 is 0 Å². The summed E-state index contributed by atoms with van der Waals surface area (Å²) >= 11 is 0. The predicted molar refractivity (Wildman–Crippen MR) is 81.2 cm³/mol. The maximum Gasteiger partial charge on any atom is 0.315 e. The molecule has 21 heavy (non-hydrogen) atoms. The summed E-state index contributed by atoms with van der Waals surface area (Å²) in [6.45, 7) is 2.01. The van der Waals surface area contributed by atoms with E-state index in [1.807, 2.05) is 49.4 Å². The number of hydrogen-bond donors (Lipinski definition) is 3. The van der Waals surface area contributed by atoms with Crippen LogP contribution in [0, 0.1) is 0 Å². The molecule has 0 aliphatic carbocycles. The molecule has 0 fully saturated rings. The second kappa shape index (κ2) is 6.74. The highest BCUT2D eigenvalue weighted by Crippen LogP contribution is 2.20. The van der Waals surface area contributed by atoms with Gasteiger partial charge in [-0.2, -0.15) is 0 Å². The van der Waals surface area contributed by atoms with E-state index in [4.69, 9.17) is 5.11 Å². The van der Waals surface area contributed by atoms with E-state index in [1.54, 1.807) is 0 Å². The molecule has 2 aromatic carbocycles. The van der Waals surface area contributed by atoms with E-state index in [2.05, 4.69) is 10.6 Å². The fraction of sp³-hybridized carbons (Fsp3) is 0.250. The van der Waals surface area contributed by atoms with Gasteiger partial charge in [-0.1, -0.05) is 36.4 Å². The lowest BCUT2D eigenvalue weighted by Crippen LogP contribution is -2.38. The van der Waals surface area contributed by atoms with Crippen molar-refractivity contribution in [2.75, 3.05) is 6.54 Å². The Balaban J connectivity index is 1.96. The number of fused-ring (bicyclic) bond motifs is 1. The summed E-state index contributed by atoms with van der Waals surface area (Å²) in [5.74, 6) is -0.933. The van der Waals surface area contributed by atoms with Gasteiger partial charge in [0.25, 0.3) is 0 Å². The maximum absolute atomic E-state index is 11.7. The minimum Gasteiger partial charge on any atom is -0.481 e. The number of rotatable bonds is 5. The molecule has 2 amide bonds. The highest BCUT2D eigenvalue weighted by atomic mass is 16.4. The number of amides is 2. The van der Waals surface area contributed by atoms with Crippen molar-refractivity contribution in [3.05, 3.63) is 48.0 Å². The van der Waals surface area contributed by atoms with Crippen molar-refractivity contribution in [3.8, 4) is 0 Å². The van der Waals surface area contributed by atoms with Gasteiger partial charge in [-0.15, -0.1) is 0 Å². The molecule has 0 radical (unpaired) electrons. The van der Waals surface area contributed by atoms with Crippen molar-refractivity contribution in [2.24, 2.45) is 0 Å². The minimum atomic E-state index is -0.933. The third-order valence-corrected chi connectivity index (χ3v) is 3.25. The Labute approximate surface area is 123 Å². The third kappa shape index (κ3) is 4.21. The van der Waals surface area contributed by atoms with Gasteiger partial charge in [0.1, 0.15) is 0 Å². The van der Waals surface area contributed by atoms with Crippen LogP contribution in [0.4, 0.5) is 4.79 Å². The number of carboxylic acids is 1. The van der Waals surface area contributed by atoms with Crippen molar-refractivity contribution < 1.29 is 14.7 Å². The Morgan fingerprint density at radius 1 is 1.14 bits per heavy atom. The van der Waals surface area contributed by atoms with E-state index in [0.717, 1.165) is 16.3 Å². The first-order valence-electron chi connectivity index (χ1n) is 6.81. The highest BCUT2D eigenvalue weighted by Gasteiger charge is 2.10. The monoisotopic (exact) mass is 286 g/mol. The number of hydrogen-bond acceptors (Lipinski definition) is 2. The van der Waals surface area contributed by atoms with Crippen LogP contribution >= 0.6 is 0 Å². The van der Waals surface area contributed by atoms with Gasteiger partial charge in [-0.25, -0.2) is 4.79 Å². The van der Waals surface area contributed by atoms with Gasteiger partial charge in [0.2, 0.25) is 0 Å². The highest BCUT2D eigenvalue weighted by molar-refractivity contribution is 5.83. The molecule has 5 heteroatoms. The lowest BCUT2D eigenvalue weighted by atomic mass is 10.0. The van der Waals surface area contributed by atoms with Crippen LogP contribution in [-0.2, 0) is 4.79 Å². The van der Waals surface area contributed by atoms with Crippen LogP contribution < -0.4 is 10.6 Å². The summed E-state index contributed by atoms with van der Waals surface area (Å²) in [6, 6.07) is 13.5. The van der Waals surface area contributed by atoms with Gasteiger partial charge in [-0.3, -0.25) is 4.79 Å². The Bertz CT molecular complexity index is 655. The smallest absolute Gasteiger partial charge is 0.315 e. The van der Waals surface area contributed by atoms with E-state index in [-0.39, 0.29) is 25.0 Å². The largest absolute Gasteiger partial charge is 0.481 e. The minimum absolute atomic E-state index is 0.0855. The molecule has 0 aliphatic heterocycles. The van der Waals surface area contributed by atoms with E-state index in [0.29, 0.717) is 0 Å². The molecule has 0 spiro atoms. The summed E-state index contributed by atoms with van der Waals surface area (Å²) in [7, 11) is 0. The van der Waals surface area contributed by atoms with Crippen LogP contribution in [0.5, 0.6) is 0 Å². The quantitative estimate of drug-likeness (QED) is 0.790. The Morgan fingerprint density at radius 2 is 1.86 bits per heavy atom. The van der Waals surface area contributed by atoms with Gasteiger partial charge in [0, 0.05) is 6.54 Å². The molecule has 0 heterocycles. The molecule has 1 atom stereocenters. The summed E-state index contributed by atoms with van der Waals surface area (Å²) in [5.41, 5.74) is 1.00. The molecule has 0 aliphatic rings. The molecule has 2 rings (SSSR count). The van der Waals surface area contributed by atoms with Crippen LogP contribution in [0.2, 0.25) is 0 Å². The van der Waals surface area contributed by atoms with E-state index in [1.165, 1.54) is 0 Å². The summed E-state index contributed by atoms with van der Waals surface area (Å²) in [5, 5.41) is 16.1. The number of carbonyl (C=O) groups is 2. The molecule has 2 aromatic rings. The zero-order valence-corrected chi connectivity index (χ0v) is 11.8. The van der Waals surface area contributed by atoms with Gasteiger partial charge in [0.15, 0.2) is 0 Å². The van der Waals surface area contributed by atoms with Gasteiger partial charge < -0.3 is 15.7 Å². The summed E-state index contributed by atoms with van der Waals surface area (Å²) < 4.78 is 0. The number of carboxylic acid groups (broad SMARTS) is 1. The van der Waals surface area contributed by atoms with Crippen LogP contribution in [0.15, 0.2) is 42.5 Å². The van der Waals surface area contributed by atoms with Crippen molar-refractivity contribution in [1.29, 1.82) is 0 Å². The average Bonchev–Trinajstić information content (AvgIpc) is 2.46. The molecule has 3 N–H and O–H groups in total. The number of benzene rings is 2. The van der Waals surface area contributed by atoms with E-state index < -0.39 is 5.97 Å². The number of aliphatic carboxylic acids is 1. The Morgan fingerprint density at radius 3 is 2.57 bits per heavy atom. The van der Waals surface area contributed by atoms with Gasteiger partial charge >= 0.3 is 12.0 Å². The molecule has 0 bridgehead atoms. The molecule has 1 unspecified atom stereocenters. The second-order valence-electron chi connectivity index (χ2n) is 4.87. The summed E-state index contributed by atoms with van der Waals surface area (Å²) in [4.78, 5) is 22.0. The first kappa shape index (κ1) is 14.8. The number of urea groups is 1. The van der Waals surface area contributed by atoms with Gasteiger partial charge in [-0.05, 0) is 29.3 Å². The lowest BCUT2D eigenvalue weighted by molar-refractivity contribution is -0.136. The van der Waals surface area contributed by atoms with Crippen molar-refractivity contribution in [2.45, 2.75) is 19.4 Å². The first-order chi connectivity index (χ1) is 10.1. The second-order valence-corrected chi connectivity index (χ2v) is 4.87. The zero-order chi connectivity index (χ0) is 15.2. The number of nitrogens with one attached hydrogen (secondary N) is 2. The molecule has 0 saturated heterocycles. The van der Waals surface area contributed by atoms with Crippen LogP contribution in [0.3, 0.4) is 0 Å². The molecular weight excluding hydrogens is 268 g/mol. The lowest BCUT2D eigenvalue weighted by Gasteiger charge is -2.15. The average molecular weight is 286 g/mol. The maximum atomic E-state index is 11.7. The Hall–Kier alpha value is -2.56. The van der Waals surface area contributed by atoms with E-state index in [9.17, 15) is 9.59 Å². The standard InChI is InChI=1S/C16H18N2O3/c1-11(18-16(21)17-9-8-15(19)20)13-7-6-12-4-2-3-5-14(12)10-13/h2-7,10-11H,8-9H2,1H3,(H,19,20)(H2,17,18,21). The normalized spacial score (nSPS) is 11.9. The van der Waals surface area contributed by atoms with Crippen molar-refractivity contribution in [3.63, 3.8) is 0 Å². The van der Waals surface area contributed by atoms with Gasteiger partial charge in [0.05, 0.1) is 12.5 Å². The van der Waals surface area contributed by atoms with Crippen molar-refractivity contribution >= 4 is 22.8 Å². The zero-order valence-electron chi connectivity index (χ0n) is 11.8. The molecule has 0 aromatic heterocycles. The number of carbonyl (C=O) groups excluding carboxylic acids is 1. The van der Waals surface area contributed by atoms with Crippen LogP contribution in [-0.4, -0.2) is 23.7 Å². The Kier molecular flexibility index (Phi) is 4.77. The van der Waals surface area contributed by atoms with Crippen molar-refractivity contribution in [1.82, 2.24) is 10.6 Å². The van der Waals surface area contributed by atoms with Crippen LogP contribution in [0.25, 0.3) is 10.8 Å². The molecular formula is C16H18N2O3. The summed E-state index contributed by atoms with van der Waals surface area (Å²) in [6.07, 6.45) is -0.0855. The molecule has 0 saturated carbocycles. The predicted octanol–water partition coefficient (Wildman–Crippen LogP) is 2.67. The first-order valence-corrected chi connectivity index (χ1v) is 6.81. The fourth-order valence-electron chi connectivity index (χ4n) is 2.09. The molecule has 110 valence electrons. The topological polar surface area (TPSA) is 78.4 Å². The van der Waals surface area contributed by atoms with Crippen LogP contribution in [0.1, 0.15) is 24.9 Å².